The summed E-state index contributed by atoms with van der Waals surface area (Å²) in [6.07, 6.45) is 1.97. The van der Waals surface area contributed by atoms with Gasteiger partial charge in [-0.05, 0) is 49.9 Å². The molecule has 7 nitrogen and oxygen atoms in total. The molecule has 0 radical (unpaired) electrons. The predicted molar refractivity (Wildman–Crippen MR) is 95.8 cm³/mol. The monoisotopic (exact) mass is 369 g/mol. The van der Waals surface area contributed by atoms with E-state index in [4.69, 9.17) is 10.5 Å². The molecule has 1 aliphatic rings. The van der Waals surface area contributed by atoms with Crippen LogP contribution in [-0.2, 0) is 14.8 Å². The fourth-order valence-electron chi connectivity index (χ4n) is 2.94. The number of nitrogens with two attached hydrogens (primary N) is 1. The highest BCUT2D eigenvalue weighted by molar-refractivity contribution is 7.89. The number of ether oxygens (including phenoxy) is 1. The van der Waals surface area contributed by atoms with Crippen molar-refractivity contribution < 1.29 is 17.9 Å². The smallest absolute Gasteiger partial charge is 0.253 e. The molecule has 1 heterocycles. The van der Waals surface area contributed by atoms with Crippen molar-refractivity contribution in [2.24, 2.45) is 11.7 Å². The van der Waals surface area contributed by atoms with E-state index in [1.807, 2.05) is 6.92 Å². The number of piperidine rings is 1. The topological polar surface area (TPSA) is 102 Å². The lowest BCUT2D eigenvalue weighted by Gasteiger charge is -2.34. The van der Waals surface area contributed by atoms with E-state index in [0.717, 1.165) is 12.8 Å². The third-order valence-corrected chi connectivity index (χ3v) is 5.98. The van der Waals surface area contributed by atoms with E-state index in [2.05, 4.69) is 4.72 Å². The van der Waals surface area contributed by atoms with E-state index in [1.165, 1.54) is 19.2 Å². The molecule has 1 aromatic rings. The first-order valence-electron chi connectivity index (χ1n) is 8.48. The number of rotatable bonds is 7. The van der Waals surface area contributed by atoms with E-state index >= 15 is 0 Å². The van der Waals surface area contributed by atoms with E-state index in [9.17, 15) is 13.2 Å². The Bertz CT molecular complexity index is 674. The van der Waals surface area contributed by atoms with Crippen LogP contribution in [0, 0.1) is 5.92 Å². The molecule has 3 N–H and O–H groups in total. The summed E-state index contributed by atoms with van der Waals surface area (Å²) in [6.45, 7) is 3.82. The lowest BCUT2D eigenvalue weighted by Crippen LogP contribution is -2.45. The zero-order valence-electron chi connectivity index (χ0n) is 14.8. The quantitative estimate of drug-likeness (QED) is 0.693. The van der Waals surface area contributed by atoms with E-state index in [0.29, 0.717) is 31.2 Å². The van der Waals surface area contributed by atoms with Gasteiger partial charge in [0.15, 0.2) is 0 Å². The summed E-state index contributed by atoms with van der Waals surface area (Å²) < 4.78 is 31.5. The van der Waals surface area contributed by atoms with Crippen LogP contribution in [0.15, 0.2) is 29.2 Å². The van der Waals surface area contributed by atoms with Crippen LogP contribution in [0.4, 0.5) is 0 Å². The highest BCUT2D eigenvalue weighted by atomic mass is 32.2. The molecule has 2 atom stereocenters. The molecule has 0 spiro atoms. The first-order valence-corrected chi connectivity index (χ1v) is 9.97. The Balaban J connectivity index is 2.05. The van der Waals surface area contributed by atoms with Gasteiger partial charge in [0.05, 0.1) is 11.5 Å². The van der Waals surface area contributed by atoms with Crippen molar-refractivity contribution in [1.82, 2.24) is 9.62 Å². The number of methoxy groups -OCH3 is 1. The maximum atomic E-state index is 12.6. The number of hydrogen-bond donors (Lipinski definition) is 2. The summed E-state index contributed by atoms with van der Waals surface area (Å²) in [7, 11) is -2.09. The number of carbonyl (C=O) groups is 1. The number of likely N-dealkylation sites (tertiary alicyclic amines) is 1. The molecule has 1 fully saturated rings. The second-order valence-electron chi connectivity index (χ2n) is 6.43. The molecule has 2 unspecified atom stereocenters. The average Bonchev–Trinajstić information content (AvgIpc) is 2.61. The summed E-state index contributed by atoms with van der Waals surface area (Å²) >= 11 is 0. The van der Waals surface area contributed by atoms with Gasteiger partial charge in [-0.15, -0.1) is 0 Å². The lowest BCUT2D eigenvalue weighted by atomic mass is 9.92. The molecule has 0 bridgehead atoms. The molecule has 1 aromatic carbocycles. The Morgan fingerprint density at radius 2 is 2.08 bits per heavy atom. The minimum atomic E-state index is -3.59. The SMILES string of the molecule is COCCNS(=O)(=O)c1ccc(C(=O)N2CCCC(C(C)N)C2)cc1. The van der Waals surface area contributed by atoms with Crippen LogP contribution in [0.3, 0.4) is 0 Å². The third-order valence-electron chi connectivity index (χ3n) is 4.50. The van der Waals surface area contributed by atoms with Gasteiger partial charge in [-0.3, -0.25) is 4.79 Å². The molecule has 0 aliphatic carbocycles. The molecule has 1 aliphatic heterocycles. The lowest BCUT2D eigenvalue weighted by molar-refractivity contribution is 0.0661. The highest BCUT2D eigenvalue weighted by Gasteiger charge is 2.26. The predicted octanol–water partition coefficient (Wildman–Crippen LogP) is 0.811. The minimum absolute atomic E-state index is 0.0568. The van der Waals surface area contributed by atoms with Crippen molar-refractivity contribution in [3.63, 3.8) is 0 Å². The molecule has 1 amide bonds. The van der Waals surface area contributed by atoms with Gasteiger partial charge in [-0.25, -0.2) is 13.1 Å². The first kappa shape index (κ1) is 19.8. The van der Waals surface area contributed by atoms with Crippen LogP contribution in [0.25, 0.3) is 0 Å². The van der Waals surface area contributed by atoms with Crippen molar-refractivity contribution >= 4 is 15.9 Å². The summed E-state index contributed by atoms with van der Waals surface area (Å²) in [5.74, 6) is 0.226. The minimum Gasteiger partial charge on any atom is -0.383 e. The number of amides is 1. The van der Waals surface area contributed by atoms with Crippen LogP contribution < -0.4 is 10.5 Å². The third kappa shape index (κ3) is 5.24. The Hall–Kier alpha value is -1.48. The molecule has 8 heteroatoms. The van der Waals surface area contributed by atoms with Crippen LogP contribution in [0.2, 0.25) is 0 Å². The number of sulfonamides is 1. The molecule has 1 saturated heterocycles. The van der Waals surface area contributed by atoms with Gasteiger partial charge < -0.3 is 15.4 Å². The van der Waals surface area contributed by atoms with Gasteiger partial charge in [0.1, 0.15) is 0 Å². The van der Waals surface area contributed by atoms with Gasteiger partial charge in [0.25, 0.3) is 5.91 Å². The highest BCUT2D eigenvalue weighted by Crippen LogP contribution is 2.21. The number of benzene rings is 1. The van der Waals surface area contributed by atoms with Crippen LogP contribution >= 0.6 is 0 Å². The molecule has 2 rings (SSSR count). The Morgan fingerprint density at radius 1 is 1.40 bits per heavy atom. The Labute approximate surface area is 149 Å². The zero-order chi connectivity index (χ0) is 18.4. The first-order chi connectivity index (χ1) is 11.8. The van der Waals surface area contributed by atoms with Crippen LogP contribution in [0.5, 0.6) is 0 Å². The molecule has 0 saturated carbocycles. The Morgan fingerprint density at radius 3 is 2.68 bits per heavy atom. The summed E-state index contributed by atoms with van der Waals surface area (Å²) in [6, 6.07) is 6.08. The molecule has 0 aromatic heterocycles. The second-order valence-corrected chi connectivity index (χ2v) is 8.19. The average molecular weight is 369 g/mol. The van der Waals surface area contributed by atoms with E-state index < -0.39 is 10.0 Å². The molecular formula is C17H27N3O4S. The number of hydrogen-bond acceptors (Lipinski definition) is 5. The number of carbonyl (C=O) groups excluding carboxylic acids is 1. The van der Waals surface area contributed by atoms with Crippen molar-refractivity contribution in [2.75, 3.05) is 33.4 Å². The molecular weight excluding hydrogens is 342 g/mol. The van der Waals surface area contributed by atoms with Gasteiger partial charge in [-0.1, -0.05) is 0 Å². The standard InChI is InChI=1S/C17H27N3O4S/c1-13(18)15-4-3-10-20(12-15)17(21)14-5-7-16(8-6-14)25(22,23)19-9-11-24-2/h5-8,13,15,19H,3-4,9-12,18H2,1-2H3. The maximum Gasteiger partial charge on any atom is 0.253 e. The van der Waals surface area contributed by atoms with E-state index in [-0.39, 0.29) is 23.4 Å². The van der Waals surface area contributed by atoms with Crippen molar-refractivity contribution in [3.05, 3.63) is 29.8 Å². The number of nitrogens with zero attached hydrogens (tertiary/aromatic N) is 1. The Kier molecular flexibility index (Phi) is 6.95. The summed E-state index contributed by atoms with van der Waals surface area (Å²) in [4.78, 5) is 14.6. The van der Waals surface area contributed by atoms with Gasteiger partial charge >= 0.3 is 0 Å². The summed E-state index contributed by atoms with van der Waals surface area (Å²) in [5.41, 5.74) is 6.45. The van der Waals surface area contributed by atoms with Crippen molar-refractivity contribution in [2.45, 2.75) is 30.7 Å². The van der Waals surface area contributed by atoms with Gasteiger partial charge in [0, 0.05) is 38.3 Å². The van der Waals surface area contributed by atoms with E-state index in [1.54, 1.807) is 17.0 Å². The fourth-order valence-corrected chi connectivity index (χ4v) is 3.96. The van der Waals surface area contributed by atoms with Gasteiger partial charge in [-0.2, -0.15) is 0 Å². The van der Waals surface area contributed by atoms with Gasteiger partial charge in [0.2, 0.25) is 10.0 Å². The van der Waals surface area contributed by atoms with Crippen LogP contribution in [0.1, 0.15) is 30.1 Å². The summed E-state index contributed by atoms with van der Waals surface area (Å²) in [5, 5.41) is 0. The second kappa shape index (κ2) is 8.75. The fraction of sp³-hybridized carbons (Fsp3) is 0.588. The largest absolute Gasteiger partial charge is 0.383 e. The molecule has 25 heavy (non-hydrogen) atoms. The van der Waals surface area contributed by atoms with Crippen molar-refractivity contribution in [3.8, 4) is 0 Å². The zero-order valence-corrected chi connectivity index (χ0v) is 15.6. The van der Waals surface area contributed by atoms with Crippen molar-refractivity contribution in [1.29, 1.82) is 0 Å². The molecule has 140 valence electrons. The van der Waals surface area contributed by atoms with Crippen LogP contribution in [-0.4, -0.2) is 58.6 Å². The number of nitrogens with one attached hydrogen (secondary N) is 1. The normalized spacial score (nSPS) is 19.6. The maximum absolute atomic E-state index is 12.6.